The van der Waals surface area contributed by atoms with Crippen molar-refractivity contribution in [3.05, 3.63) is 0 Å². The van der Waals surface area contributed by atoms with Crippen molar-refractivity contribution in [1.29, 1.82) is 0 Å². The van der Waals surface area contributed by atoms with Crippen LogP contribution in [0.4, 0.5) is 0 Å². The summed E-state index contributed by atoms with van der Waals surface area (Å²) in [5.41, 5.74) is 0. The van der Waals surface area contributed by atoms with Crippen molar-refractivity contribution in [2.45, 2.75) is 52.0 Å². The summed E-state index contributed by atoms with van der Waals surface area (Å²) in [5.74, 6) is 0. The van der Waals surface area contributed by atoms with Crippen molar-refractivity contribution in [1.82, 2.24) is 15.1 Å². The Labute approximate surface area is 114 Å². The molecule has 0 aromatic carbocycles. The topological polar surface area (TPSA) is 18.5 Å². The molecule has 0 aromatic rings. The van der Waals surface area contributed by atoms with Gasteiger partial charge in [0, 0.05) is 6.04 Å². The molecule has 1 saturated heterocycles. The molecule has 1 aliphatic heterocycles. The van der Waals surface area contributed by atoms with Crippen molar-refractivity contribution >= 4 is 0 Å². The normalized spacial score (nSPS) is 17.2. The first-order chi connectivity index (χ1) is 8.70. The van der Waals surface area contributed by atoms with Crippen LogP contribution < -0.4 is 5.32 Å². The second-order valence-electron chi connectivity index (χ2n) is 5.93. The first-order valence-corrected chi connectivity index (χ1v) is 7.83. The minimum atomic E-state index is 0.679. The van der Waals surface area contributed by atoms with Crippen LogP contribution in [0.2, 0.25) is 0 Å². The maximum Gasteiger partial charge on any atom is 0.00355 e. The molecule has 0 amide bonds. The van der Waals surface area contributed by atoms with Crippen LogP contribution in [0, 0.1) is 0 Å². The van der Waals surface area contributed by atoms with Crippen LogP contribution in [-0.2, 0) is 0 Å². The Morgan fingerprint density at radius 3 is 2.39 bits per heavy atom. The predicted molar refractivity (Wildman–Crippen MR) is 80.2 cm³/mol. The molecule has 0 spiro atoms. The summed E-state index contributed by atoms with van der Waals surface area (Å²) >= 11 is 0. The molecule has 18 heavy (non-hydrogen) atoms. The number of unbranched alkanes of at least 4 members (excludes halogenated alkanes) is 1. The Hall–Kier alpha value is -0.120. The average Bonchev–Trinajstić information content (AvgIpc) is 2.85. The smallest absolute Gasteiger partial charge is 0.00355 e. The first-order valence-electron chi connectivity index (χ1n) is 7.83. The molecular weight excluding hydrogens is 222 g/mol. The zero-order valence-electron chi connectivity index (χ0n) is 12.7. The van der Waals surface area contributed by atoms with E-state index in [0.29, 0.717) is 6.04 Å². The fourth-order valence-corrected chi connectivity index (χ4v) is 2.43. The lowest BCUT2D eigenvalue weighted by Gasteiger charge is -2.20. The fraction of sp³-hybridized carbons (Fsp3) is 1.00. The molecule has 0 aliphatic carbocycles. The third kappa shape index (κ3) is 7.34. The van der Waals surface area contributed by atoms with Crippen LogP contribution >= 0.6 is 0 Å². The minimum absolute atomic E-state index is 0.679. The van der Waals surface area contributed by atoms with Gasteiger partial charge >= 0.3 is 0 Å². The highest BCUT2D eigenvalue weighted by Gasteiger charge is 2.09. The number of hydrogen-bond acceptors (Lipinski definition) is 3. The molecule has 0 unspecified atom stereocenters. The van der Waals surface area contributed by atoms with Crippen LogP contribution in [0.5, 0.6) is 0 Å². The molecular formula is C15H33N3. The van der Waals surface area contributed by atoms with Gasteiger partial charge in [0.1, 0.15) is 0 Å². The molecule has 0 bridgehead atoms. The van der Waals surface area contributed by atoms with Gasteiger partial charge in [-0.15, -0.1) is 0 Å². The van der Waals surface area contributed by atoms with Gasteiger partial charge in [0.15, 0.2) is 0 Å². The standard InChI is InChI=1S/C15H33N3/c1-15(2)17(3)11-5-4-9-16-10-8-14-18-12-6-7-13-18/h15-16H,4-14H2,1-3H3. The van der Waals surface area contributed by atoms with E-state index in [1.165, 1.54) is 71.4 Å². The van der Waals surface area contributed by atoms with E-state index in [1.54, 1.807) is 0 Å². The molecule has 1 fully saturated rings. The lowest BCUT2D eigenvalue weighted by molar-refractivity contribution is 0.267. The van der Waals surface area contributed by atoms with E-state index in [0.717, 1.165) is 0 Å². The first kappa shape index (κ1) is 15.9. The molecule has 1 aliphatic rings. The van der Waals surface area contributed by atoms with Gasteiger partial charge in [-0.3, -0.25) is 0 Å². The van der Waals surface area contributed by atoms with E-state index in [9.17, 15) is 0 Å². The quantitative estimate of drug-likeness (QED) is 0.604. The van der Waals surface area contributed by atoms with Crippen molar-refractivity contribution < 1.29 is 0 Å². The number of hydrogen-bond donors (Lipinski definition) is 1. The molecule has 0 atom stereocenters. The molecule has 0 radical (unpaired) electrons. The van der Waals surface area contributed by atoms with E-state index >= 15 is 0 Å². The van der Waals surface area contributed by atoms with Gasteiger partial charge in [0.25, 0.3) is 0 Å². The monoisotopic (exact) mass is 255 g/mol. The fourth-order valence-electron chi connectivity index (χ4n) is 2.43. The molecule has 0 aromatic heterocycles. The Kier molecular flexibility index (Phi) is 8.64. The Balaban J connectivity index is 1.78. The second-order valence-corrected chi connectivity index (χ2v) is 5.93. The molecule has 1 heterocycles. The zero-order valence-corrected chi connectivity index (χ0v) is 12.7. The number of nitrogens with zero attached hydrogens (tertiary/aromatic N) is 2. The molecule has 0 saturated carbocycles. The predicted octanol–water partition coefficient (Wildman–Crippen LogP) is 2.18. The lowest BCUT2D eigenvalue weighted by Crippen LogP contribution is -2.28. The second kappa shape index (κ2) is 9.76. The average molecular weight is 255 g/mol. The SMILES string of the molecule is CC(C)N(C)CCCCNCCCN1CCCC1. The zero-order chi connectivity index (χ0) is 13.2. The van der Waals surface area contributed by atoms with Crippen LogP contribution in [0.1, 0.15) is 46.0 Å². The minimum Gasteiger partial charge on any atom is -0.317 e. The summed E-state index contributed by atoms with van der Waals surface area (Å²) < 4.78 is 0. The van der Waals surface area contributed by atoms with Crippen LogP contribution in [0.25, 0.3) is 0 Å². The van der Waals surface area contributed by atoms with Gasteiger partial charge in [0.2, 0.25) is 0 Å². The summed E-state index contributed by atoms with van der Waals surface area (Å²) in [6, 6.07) is 0.679. The number of nitrogens with one attached hydrogen (secondary N) is 1. The molecule has 3 heteroatoms. The van der Waals surface area contributed by atoms with Gasteiger partial charge in [0.05, 0.1) is 0 Å². The maximum absolute atomic E-state index is 3.57. The molecule has 1 rings (SSSR count). The molecule has 1 N–H and O–H groups in total. The van der Waals surface area contributed by atoms with E-state index in [4.69, 9.17) is 0 Å². The van der Waals surface area contributed by atoms with Crippen LogP contribution in [-0.4, -0.2) is 62.2 Å². The van der Waals surface area contributed by atoms with Crippen LogP contribution in [0.3, 0.4) is 0 Å². The largest absolute Gasteiger partial charge is 0.317 e. The highest BCUT2D eigenvalue weighted by Crippen LogP contribution is 2.06. The molecule has 108 valence electrons. The summed E-state index contributed by atoms with van der Waals surface area (Å²) in [6.07, 6.45) is 6.76. The highest BCUT2D eigenvalue weighted by atomic mass is 15.1. The van der Waals surface area contributed by atoms with Crippen molar-refractivity contribution in [3.63, 3.8) is 0 Å². The Bertz CT molecular complexity index is 180. The number of rotatable bonds is 10. The Morgan fingerprint density at radius 1 is 1.06 bits per heavy atom. The van der Waals surface area contributed by atoms with E-state index < -0.39 is 0 Å². The molecule has 3 nitrogen and oxygen atoms in total. The van der Waals surface area contributed by atoms with Crippen LogP contribution in [0.15, 0.2) is 0 Å². The summed E-state index contributed by atoms with van der Waals surface area (Å²) in [7, 11) is 2.22. The number of likely N-dealkylation sites (tertiary alicyclic amines) is 1. The van der Waals surface area contributed by atoms with Gasteiger partial charge in [-0.25, -0.2) is 0 Å². The third-order valence-electron chi connectivity index (χ3n) is 4.02. The van der Waals surface area contributed by atoms with Crippen molar-refractivity contribution in [2.75, 3.05) is 46.3 Å². The van der Waals surface area contributed by atoms with E-state index in [-0.39, 0.29) is 0 Å². The lowest BCUT2D eigenvalue weighted by atomic mass is 10.2. The van der Waals surface area contributed by atoms with Gasteiger partial charge < -0.3 is 15.1 Å². The summed E-state index contributed by atoms with van der Waals surface area (Å²) in [6.45, 7) is 12.1. The highest BCUT2D eigenvalue weighted by molar-refractivity contribution is 4.66. The van der Waals surface area contributed by atoms with E-state index in [1.807, 2.05) is 0 Å². The van der Waals surface area contributed by atoms with E-state index in [2.05, 4.69) is 36.0 Å². The third-order valence-corrected chi connectivity index (χ3v) is 4.02. The van der Waals surface area contributed by atoms with Gasteiger partial charge in [-0.2, -0.15) is 0 Å². The summed E-state index contributed by atoms with van der Waals surface area (Å²) in [5, 5.41) is 3.57. The Morgan fingerprint density at radius 2 is 1.72 bits per heavy atom. The van der Waals surface area contributed by atoms with Gasteiger partial charge in [-0.05, 0) is 92.3 Å². The van der Waals surface area contributed by atoms with Gasteiger partial charge in [-0.1, -0.05) is 0 Å². The van der Waals surface area contributed by atoms with Crippen molar-refractivity contribution in [3.8, 4) is 0 Å². The summed E-state index contributed by atoms with van der Waals surface area (Å²) in [4.78, 5) is 5.02. The van der Waals surface area contributed by atoms with Crippen molar-refractivity contribution in [2.24, 2.45) is 0 Å². The maximum atomic E-state index is 3.57.